The summed E-state index contributed by atoms with van der Waals surface area (Å²) in [5.74, 6) is 0.610. The van der Waals surface area contributed by atoms with E-state index in [1.807, 2.05) is 30.3 Å². The molecule has 0 saturated heterocycles. The third-order valence-electron chi connectivity index (χ3n) is 3.40. The van der Waals surface area contributed by atoms with Gasteiger partial charge in [-0.2, -0.15) is 5.10 Å². The van der Waals surface area contributed by atoms with Gasteiger partial charge in [-0.25, -0.2) is 9.67 Å². The van der Waals surface area contributed by atoms with Gasteiger partial charge in [-0.05, 0) is 18.9 Å². The number of nitrogens with zero attached hydrogens (tertiary/aromatic N) is 3. The molecule has 0 radical (unpaired) electrons. The van der Waals surface area contributed by atoms with Gasteiger partial charge in [0.25, 0.3) is 0 Å². The number of carbonyl (C=O) groups is 1. The van der Waals surface area contributed by atoms with Crippen LogP contribution in [0.2, 0.25) is 0 Å². The zero-order chi connectivity index (χ0) is 14.6. The molecule has 5 nitrogen and oxygen atoms in total. The van der Waals surface area contributed by atoms with E-state index < -0.39 is 5.54 Å². The molecule has 0 spiro atoms. The molecule has 1 unspecified atom stereocenters. The Kier molecular flexibility index (Phi) is 4.29. The van der Waals surface area contributed by atoms with Gasteiger partial charge in [0.15, 0.2) is 5.78 Å². The van der Waals surface area contributed by atoms with Crippen molar-refractivity contribution in [2.24, 2.45) is 5.73 Å². The molecule has 0 aliphatic heterocycles. The second kappa shape index (κ2) is 5.96. The number of nitrogens with two attached hydrogens (primary N) is 1. The van der Waals surface area contributed by atoms with Gasteiger partial charge < -0.3 is 5.73 Å². The minimum absolute atomic E-state index is 0.0611. The topological polar surface area (TPSA) is 73.8 Å². The molecule has 1 aromatic heterocycles. The smallest absolute Gasteiger partial charge is 0.164 e. The Morgan fingerprint density at radius 2 is 2.05 bits per heavy atom. The molecule has 2 N–H and O–H groups in total. The summed E-state index contributed by atoms with van der Waals surface area (Å²) in [6.07, 6.45) is 2.62. The molecule has 2 aromatic rings. The maximum Gasteiger partial charge on any atom is 0.164 e. The third kappa shape index (κ3) is 2.93. The van der Waals surface area contributed by atoms with Crippen molar-refractivity contribution in [1.29, 1.82) is 0 Å². The van der Waals surface area contributed by atoms with Crippen molar-refractivity contribution in [3.8, 4) is 0 Å². The zero-order valence-electron chi connectivity index (χ0n) is 11.9. The number of Topliss-reactive ketones (excluding diaryl/α,β-unsaturated/α-hetero) is 1. The maximum atomic E-state index is 12.5. The van der Waals surface area contributed by atoms with Crippen LogP contribution in [-0.2, 0) is 23.3 Å². The predicted molar refractivity (Wildman–Crippen MR) is 77.0 cm³/mol. The SMILES string of the molecule is CCCn1ncnc1CC(=O)C(C)(N)c1ccccc1. The normalized spacial score (nSPS) is 13.9. The van der Waals surface area contributed by atoms with Crippen molar-refractivity contribution >= 4 is 5.78 Å². The minimum Gasteiger partial charge on any atom is -0.315 e. The predicted octanol–water partition coefficient (Wildman–Crippen LogP) is 1.67. The second-order valence-corrected chi connectivity index (χ2v) is 5.07. The monoisotopic (exact) mass is 272 g/mol. The number of hydrogen-bond donors (Lipinski definition) is 1. The molecule has 0 aliphatic carbocycles. The first kappa shape index (κ1) is 14.4. The van der Waals surface area contributed by atoms with Gasteiger partial charge in [0, 0.05) is 6.54 Å². The van der Waals surface area contributed by atoms with Crippen LogP contribution in [0.1, 0.15) is 31.7 Å². The van der Waals surface area contributed by atoms with E-state index in [0.29, 0.717) is 5.82 Å². The van der Waals surface area contributed by atoms with E-state index in [9.17, 15) is 4.79 Å². The Bertz CT molecular complexity index is 575. The van der Waals surface area contributed by atoms with E-state index in [1.165, 1.54) is 6.33 Å². The van der Waals surface area contributed by atoms with Gasteiger partial charge in [-0.3, -0.25) is 4.79 Å². The molecule has 20 heavy (non-hydrogen) atoms. The lowest BCUT2D eigenvalue weighted by atomic mass is 9.87. The van der Waals surface area contributed by atoms with Crippen LogP contribution in [0, 0.1) is 0 Å². The highest BCUT2D eigenvalue weighted by molar-refractivity contribution is 5.90. The molecule has 0 amide bonds. The maximum absolute atomic E-state index is 12.5. The fraction of sp³-hybridized carbons (Fsp3) is 0.400. The van der Waals surface area contributed by atoms with E-state index >= 15 is 0 Å². The Morgan fingerprint density at radius 1 is 1.35 bits per heavy atom. The number of aryl methyl sites for hydroxylation is 1. The summed E-state index contributed by atoms with van der Waals surface area (Å²) < 4.78 is 1.76. The van der Waals surface area contributed by atoms with Gasteiger partial charge in [0.05, 0.1) is 12.0 Å². The molecular weight excluding hydrogens is 252 g/mol. The average molecular weight is 272 g/mol. The fourth-order valence-corrected chi connectivity index (χ4v) is 2.10. The quantitative estimate of drug-likeness (QED) is 0.868. The van der Waals surface area contributed by atoms with Crippen molar-refractivity contribution in [2.45, 2.75) is 38.8 Å². The molecule has 0 bridgehead atoms. The van der Waals surface area contributed by atoms with Crippen LogP contribution in [-0.4, -0.2) is 20.5 Å². The van der Waals surface area contributed by atoms with Crippen molar-refractivity contribution in [2.75, 3.05) is 0 Å². The Morgan fingerprint density at radius 3 is 2.70 bits per heavy atom. The van der Waals surface area contributed by atoms with E-state index in [4.69, 9.17) is 5.73 Å². The zero-order valence-corrected chi connectivity index (χ0v) is 11.9. The summed E-state index contributed by atoms with van der Waals surface area (Å²) in [4.78, 5) is 16.6. The van der Waals surface area contributed by atoms with Crippen LogP contribution in [0.3, 0.4) is 0 Å². The number of ketones is 1. The standard InChI is InChI=1S/C15H20N4O/c1-3-9-19-14(17-11-18-19)10-13(20)15(2,16)12-7-5-4-6-8-12/h4-8,11H,3,9-10,16H2,1-2H3. The molecule has 0 fully saturated rings. The summed E-state index contributed by atoms with van der Waals surface area (Å²) in [7, 11) is 0. The molecule has 1 heterocycles. The van der Waals surface area contributed by atoms with E-state index in [-0.39, 0.29) is 12.2 Å². The Balaban J connectivity index is 2.17. The van der Waals surface area contributed by atoms with E-state index in [0.717, 1.165) is 18.5 Å². The van der Waals surface area contributed by atoms with Gasteiger partial charge in [-0.1, -0.05) is 37.3 Å². The minimum atomic E-state index is -1.01. The Labute approximate surface area is 118 Å². The van der Waals surface area contributed by atoms with Crippen molar-refractivity contribution < 1.29 is 4.79 Å². The largest absolute Gasteiger partial charge is 0.315 e. The molecule has 0 saturated carbocycles. The van der Waals surface area contributed by atoms with E-state index in [2.05, 4.69) is 17.0 Å². The first-order chi connectivity index (χ1) is 9.55. The lowest BCUT2D eigenvalue weighted by molar-refractivity contribution is -0.123. The summed E-state index contributed by atoms with van der Waals surface area (Å²) in [6.45, 7) is 4.56. The Hall–Kier alpha value is -2.01. The average Bonchev–Trinajstić information content (AvgIpc) is 2.87. The molecule has 106 valence electrons. The van der Waals surface area contributed by atoms with Gasteiger partial charge >= 0.3 is 0 Å². The number of hydrogen-bond acceptors (Lipinski definition) is 4. The first-order valence-electron chi connectivity index (χ1n) is 6.80. The summed E-state index contributed by atoms with van der Waals surface area (Å²) in [5.41, 5.74) is 6.02. The van der Waals surface area contributed by atoms with Gasteiger partial charge in [-0.15, -0.1) is 0 Å². The van der Waals surface area contributed by atoms with Crippen LogP contribution in [0.15, 0.2) is 36.7 Å². The number of aromatic nitrogens is 3. The van der Waals surface area contributed by atoms with Gasteiger partial charge in [0.1, 0.15) is 12.2 Å². The van der Waals surface area contributed by atoms with Crippen LogP contribution in [0.25, 0.3) is 0 Å². The molecule has 2 rings (SSSR count). The lowest BCUT2D eigenvalue weighted by Crippen LogP contribution is -2.43. The molecule has 1 atom stereocenters. The van der Waals surface area contributed by atoms with Crippen molar-refractivity contribution in [1.82, 2.24) is 14.8 Å². The molecular formula is C15H20N4O. The van der Waals surface area contributed by atoms with Crippen molar-refractivity contribution in [3.05, 3.63) is 48.0 Å². The third-order valence-corrected chi connectivity index (χ3v) is 3.40. The molecule has 5 heteroatoms. The van der Waals surface area contributed by atoms with Crippen LogP contribution in [0.5, 0.6) is 0 Å². The summed E-state index contributed by atoms with van der Waals surface area (Å²) >= 11 is 0. The highest BCUT2D eigenvalue weighted by atomic mass is 16.1. The number of rotatable bonds is 6. The highest BCUT2D eigenvalue weighted by Crippen LogP contribution is 2.20. The second-order valence-electron chi connectivity index (χ2n) is 5.07. The summed E-state index contributed by atoms with van der Waals surface area (Å²) in [5, 5.41) is 4.13. The van der Waals surface area contributed by atoms with Crippen LogP contribution in [0.4, 0.5) is 0 Å². The highest BCUT2D eigenvalue weighted by Gasteiger charge is 2.31. The lowest BCUT2D eigenvalue weighted by Gasteiger charge is -2.23. The molecule has 1 aromatic carbocycles. The van der Waals surface area contributed by atoms with E-state index in [1.54, 1.807) is 11.6 Å². The number of carbonyl (C=O) groups excluding carboxylic acids is 1. The fourth-order valence-electron chi connectivity index (χ4n) is 2.10. The number of benzene rings is 1. The first-order valence-corrected chi connectivity index (χ1v) is 6.80. The molecule has 0 aliphatic rings. The van der Waals surface area contributed by atoms with Gasteiger partial charge in [0.2, 0.25) is 0 Å². The van der Waals surface area contributed by atoms with Crippen LogP contribution < -0.4 is 5.73 Å². The van der Waals surface area contributed by atoms with Crippen molar-refractivity contribution in [3.63, 3.8) is 0 Å². The summed E-state index contributed by atoms with van der Waals surface area (Å²) in [6, 6.07) is 9.41. The van der Waals surface area contributed by atoms with Crippen LogP contribution >= 0.6 is 0 Å².